The van der Waals surface area contributed by atoms with Gasteiger partial charge in [-0.15, -0.1) is 0 Å². The predicted octanol–water partition coefficient (Wildman–Crippen LogP) is 1.89. The van der Waals surface area contributed by atoms with Gasteiger partial charge in [0, 0.05) is 19.1 Å². The third kappa shape index (κ3) is 3.93. The number of hydrogen-bond donors (Lipinski definition) is 1. The van der Waals surface area contributed by atoms with Gasteiger partial charge in [-0.3, -0.25) is 4.79 Å². The molecule has 1 aromatic carbocycles. The fourth-order valence-corrected chi connectivity index (χ4v) is 4.29. The van der Waals surface area contributed by atoms with Gasteiger partial charge in [-0.1, -0.05) is 44.2 Å². The number of carbonyl (C=O) groups is 1. The van der Waals surface area contributed by atoms with Crippen LogP contribution in [0.25, 0.3) is 0 Å². The summed E-state index contributed by atoms with van der Waals surface area (Å²) in [7, 11) is -3.24. The average molecular weight is 338 g/mol. The minimum Gasteiger partial charge on any atom is -0.340 e. The number of carbonyl (C=O) groups excluding carboxylic acids is 1. The van der Waals surface area contributed by atoms with Crippen LogP contribution in [0.1, 0.15) is 38.7 Å². The lowest BCUT2D eigenvalue weighted by Gasteiger charge is -2.35. The lowest BCUT2D eigenvalue weighted by atomic mass is 9.74. The molecular weight excluding hydrogens is 312 g/mol. The minimum atomic E-state index is -3.24. The van der Waals surface area contributed by atoms with Crippen LogP contribution in [0.4, 0.5) is 0 Å². The van der Waals surface area contributed by atoms with Crippen LogP contribution < -0.4 is 4.72 Å². The second kappa shape index (κ2) is 7.01. The predicted molar refractivity (Wildman–Crippen MR) is 91.7 cm³/mol. The average Bonchev–Trinajstić information content (AvgIpc) is 2.96. The summed E-state index contributed by atoms with van der Waals surface area (Å²) in [6.07, 6.45) is 3.28. The fraction of sp³-hybridized carbons (Fsp3) is 0.588. The van der Waals surface area contributed by atoms with Crippen molar-refractivity contribution in [3.05, 3.63) is 35.9 Å². The summed E-state index contributed by atoms with van der Waals surface area (Å²) in [6, 6.07) is 9.70. The molecule has 0 saturated carbocycles. The molecule has 5 nitrogen and oxygen atoms in total. The van der Waals surface area contributed by atoms with Crippen molar-refractivity contribution in [1.29, 1.82) is 0 Å². The zero-order chi connectivity index (χ0) is 17.1. The van der Waals surface area contributed by atoms with E-state index >= 15 is 0 Å². The Balaban J connectivity index is 2.20. The van der Waals surface area contributed by atoms with Crippen LogP contribution in [0.15, 0.2) is 30.3 Å². The van der Waals surface area contributed by atoms with E-state index in [1.807, 2.05) is 49.1 Å². The number of sulfonamides is 1. The second-order valence-electron chi connectivity index (χ2n) is 6.28. The first-order valence-electron chi connectivity index (χ1n) is 8.14. The van der Waals surface area contributed by atoms with E-state index in [2.05, 4.69) is 4.72 Å². The zero-order valence-electron chi connectivity index (χ0n) is 14.1. The number of likely N-dealkylation sites (tertiary alicyclic amines) is 1. The van der Waals surface area contributed by atoms with Crippen LogP contribution in [0.5, 0.6) is 0 Å². The van der Waals surface area contributed by atoms with Gasteiger partial charge in [0.15, 0.2) is 0 Å². The van der Waals surface area contributed by atoms with Crippen LogP contribution in [0.3, 0.4) is 0 Å². The van der Waals surface area contributed by atoms with E-state index in [0.29, 0.717) is 19.5 Å². The van der Waals surface area contributed by atoms with Crippen molar-refractivity contribution < 1.29 is 13.2 Å². The Morgan fingerprint density at radius 1 is 1.26 bits per heavy atom. The van der Waals surface area contributed by atoms with Crippen molar-refractivity contribution in [3.8, 4) is 0 Å². The summed E-state index contributed by atoms with van der Waals surface area (Å²) in [5.74, 6) is 0.103. The SMILES string of the molecule is CCC(CC)(C(=O)N1CCC(NS(C)(=O)=O)C1)c1ccccc1. The Bertz CT molecular complexity index is 639. The van der Waals surface area contributed by atoms with E-state index < -0.39 is 15.4 Å². The van der Waals surface area contributed by atoms with Gasteiger partial charge in [-0.05, 0) is 24.8 Å². The van der Waals surface area contributed by atoms with Gasteiger partial charge >= 0.3 is 0 Å². The van der Waals surface area contributed by atoms with E-state index in [-0.39, 0.29) is 11.9 Å². The molecule has 1 aliphatic rings. The molecule has 23 heavy (non-hydrogen) atoms. The molecule has 1 fully saturated rings. The number of amides is 1. The zero-order valence-corrected chi connectivity index (χ0v) is 14.9. The Hall–Kier alpha value is -1.40. The molecule has 0 spiro atoms. The molecule has 1 amide bonds. The summed E-state index contributed by atoms with van der Waals surface area (Å²) in [5.41, 5.74) is 0.510. The molecule has 1 heterocycles. The monoisotopic (exact) mass is 338 g/mol. The highest BCUT2D eigenvalue weighted by atomic mass is 32.2. The van der Waals surface area contributed by atoms with Crippen molar-refractivity contribution in [2.45, 2.75) is 44.6 Å². The summed E-state index contributed by atoms with van der Waals surface area (Å²) in [4.78, 5) is 15.0. The molecule has 6 heteroatoms. The molecular formula is C17H26N2O3S. The molecule has 1 atom stereocenters. The van der Waals surface area contributed by atoms with Crippen LogP contribution in [0, 0.1) is 0 Å². The number of nitrogens with one attached hydrogen (secondary N) is 1. The van der Waals surface area contributed by atoms with Crippen LogP contribution in [0.2, 0.25) is 0 Å². The van der Waals surface area contributed by atoms with Gasteiger partial charge in [0.2, 0.25) is 15.9 Å². The quantitative estimate of drug-likeness (QED) is 0.861. The maximum atomic E-state index is 13.2. The van der Waals surface area contributed by atoms with E-state index in [4.69, 9.17) is 0 Å². The van der Waals surface area contributed by atoms with Gasteiger partial charge in [0.05, 0.1) is 11.7 Å². The number of benzene rings is 1. The van der Waals surface area contributed by atoms with Crippen LogP contribution in [-0.2, 0) is 20.2 Å². The Kier molecular flexibility index (Phi) is 5.47. The molecule has 1 unspecified atom stereocenters. The summed E-state index contributed by atoms with van der Waals surface area (Å²) in [6.45, 7) is 5.12. The maximum absolute atomic E-state index is 13.2. The first-order valence-corrected chi connectivity index (χ1v) is 10.0. The topological polar surface area (TPSA) is 66.5 Å². The Morgan fingerprint density at radius 2 is 1.87 bits per heavy atom. The maximum Gasteiger partial charge on any atom is 0.233 e. The van der Waals surface area contributed by atoms with Crippen LogP contribution in [-0.4, -0.2) is 44.6 Å². The van der Waals surface area contributed by atoms with Crippen molar-refractivity contribution in [2.24, 2.45) is 0 Å². The Morgan fingerprint density at radius 3 is 2.39 bits per heavy atom. The van der Waals surface area contributed by atoms with Crippen LogP contribution >= 0.6 is 0 Å². The van der Waals surface area contributed by atoms with Gasteiger partial charge in [0.1, 0.15) is 0 Å². The van der Waals surface area contributed by atoms with Gasteiger partial charge in [-0.2, -0.15) is 0 Å². The molecule has 128 valence electrons. The summed E-state index contributed by atoms with van der Waals surface area (Å²) >= 11 is 0. The fourth-order valence-electron chi connectivity index (χ4n) is 3.49. The van der Waals surface area contributed by atoms with E-state index in [1.165, 1.54) is 0 Å². The summed E-state index contributed by atoms with van der Waals surface area (Å²) in [5, 5.41) is 0. The van der Waals surface area contributed by atoms with Crippen molar-refractivity contribution in [3.63, 3.8) is 0 Å². The lowest BCUT2D eigenvalue weighted by Crippen LogP contribution is -2.47. The van der Waals surface area contributed by atoms with E-state index in [0.717, 1.165) is 24.7 Å². The molecule has 0 aromatic heterocycles. The molecule has 1 saturated heterocycles. The number of hydrogen-bond acceptors (Lipinski definition) is 3. The molecule has 1 N–H and O–H groups in total. The highest BCUT2D eigenvalue weighted by Gasteiger charge is 2.42. The van der Waals surface area contributed by atoms with Gasteiger partial charge in [0.25, 0.3) is 0 Å². The number of nitrogens with zero attached hydrogens (tertiary/aromatic N) is 1. The lowest BCUT2D eigenvalue weighted by molar-refractivity contribution is -0.136. The number of rotatable bonds is 6. The second-order valence-corrected chi connectivity index (χ2v) is 8.06. The molecule has 0 bridgehead atoms. The molecule has 2 rings (SSSR count). The Labute approximate surface area is 139 Å². The van der Waals surface area contributed by atoms with Gasteiger partial charge in [-0.25, -0.2) is 13.1 Å². The van der Waals surface area contributed by atoms with Gasteiger partial charge < -0.3 is 4.90 Å². The van der Waals surface area contributed by atoms with Crippen molar-refractivity contribution >= 4 is 15.9 Å². The molecule has 0 radical (unpaired) electrons. The minimum absolute atomic E-state index is 0.103. The standard InChI is InChI=1S/C17H26N2O3S/c1-4-17(5-2,14-9-7-6-8-10-14)16(20)19-12-11-15(13-19)18-23(3,21)22/h6-10,15,18H,4-5,11-13H2,1-3H3. The third-order valence-corrected chi connectivity index (χ3v) is 5.56. The first kappa shape index (κ1) is 17.9. The first-order chi connectivity index (χ1) is 10.8. The highest BCUT2D eigenvalue weighted by molar-refractivity contribution is 7.88. The van der Waals surface area contributed by atoms with Crippen molar-refractivity contribution in [2.75, 3.05) is 19.3 Å². The molecule has 1 aliphatic heterocycles. The smallest absolute Gasteiger partial charge is 0.233 e. The van der Waals surface area contributed by atoms with Crippen molar-refractivity contribution in [1.82, 2.24) is 9.62 Å². The van der Waals surface area contributed by atoms with E-state index in [1.54, 1.807) is 0 Å². The highest BCUT2D eigenvalue weighted by Crippen LogP contribution is 2.34. The third-order valence-electron chi connectivity index (χ3n) is 4.80. The molecule has 0 aliphatic carbocycles. The molecule has 1 aromatic rings. The normalized spacial score (nSPS) is 19.1. The van der Waals surface area contributed by atoms with E-state index in [9.17, 15) is 13.2 Å². The largest absolute Gasteiger partial charge is 0.340 e. The summed E-state index contributed by atoms with van der Waals surface area (Å²) < 4.78 is 25.4.